The number of ketones is 1. The van der Waals surface area contributed by atoms with Crippen LogP contribution in [0.4, 0.5) is 5.69 Å². The van der Waals surface area contributed by atoms with Crippen LogP contribution in [0, 0.1) is 10.1 Å². The lowest BCUT2D eigenvalue weighted by molar-refractivity contribution is -0.387. The molecule has 1 rings (SSSR count). The molecule has 0 saturated heterocycles. The quantitative estimate of drug-likeness (QED) is 0.0593. The van der Waals surface area contributed by atoms with Crippen molar-refractivity contribution in [1.29, 1.82) is 0 Å². The number of rotatable bonds is 12. The van der Waals surface area contributed by atoms with Gasteiger partial charge in [-0.05, 0) is 55.3 Å². The third kappa shape index (κ3) is 8.23. The molecular weight excluding hydrogens is 434 g/mol. The normalized spacial score (nSPS) is 12.6. The number of unbranched alkanes of at least 4 members (excludes halogenated alkanes) is 2. The Morgan fingerprint density at radius 2 is 1.87 bits per heavy atom. The molecule has 0 amide bonds. The highest BCUT2D eigenvalue weighted by Crippen LogP contribution is 2.37. The van der Waals surface area contributed by atoms with Gasteiger partial charge in [0.15, 0.2) is 14.1 Å². The summed E-state index contributed by atoms with van der Waals surface area (Å²) < 4.78 is 6.16. The lowest BCUT2D eigenvalue weighted by Gasteiger charge is -2.36. The van der Waals surface area contributed by atoms with Gasteiger partial charge in [0.25, 0.3) is 5.69 Å². The molecular formula is C22H33NO6SSi. The molecule has 1 aromatic carbocycles. The van der Waals surface area contributed by atoms with Crippen molar-refractivity contribution in [3.8, 4) is 0 Å². The van der Waals surface area contributed by atoms with Gasteiger partial charge in [-0.1, -0.05) is 39.3 Å². The number of nitro groups is 1. The Morgan fingerprint density at radius 1 is 1.23 bits per heavy atom. The second kappa shape index (κ2) is 11.6. The molecule has 0 atom stereocenters. The van der Waals surface area contributed by atoms with Gasteiger partial charge in [-0.2, -0.15) is 0 Å². The number of hydrogen-bond donors (Lipinski definition) is 1. The van der Waals surface area contributed by atoms with E-state index in [1.54, 1.807) is 6.07 Å². The standard InChI is InChI=1S/C22H33NO6SSi/c1-16(24)18(21(25)26)15-17-11-10-12-19(23(27)28)20(17)30-14-9-7-8-13-29-31(5,6)22(2,3)4/h10-12,15H,7-9,13-14H2,1-6H3,(H,25,26). The van der Waals surface area contributed by atoms with E-state index in [-0.39, 0.29) is 10.7 Å². The number of thioether (sulfide) groups is 1. The SMILES string of the molecule is CC(=O)C(=Cc1cccc([N+](=O)[O-])c1SCCCCCO[Si](C)(C)C(C)(C)C)C(=O)O. The third-order valence-electron chi connectivity index (χ3n) is 5.44. The molecule has 0 spiro atoms. The molecule has 0 fully saturated rings. The van der Waals surface area contributed by atoms with E-state index in [1.807, 2.05) is 0 Å². The van der Waals surface area contributed by atoms with Crippen molar-refractivity contribution in [3.63, 3.8) is 0 Å². The predicted molar refractivity (Wildman–Crippen MR) is 127 cm³/mol. The van der Waals surface area contributed by atoms with E-state index in [1.165, 1.54) is 30.0 Å². The van der Waals surface area contributed by atoms with Crippen molar-refractivity contribution in [1.82, 2.24) is 0 Å². The summed E-state index contributed by atoms with van der Waals surface area (Å²) in [5.41, 5.74) is -0.119. The Morgan fingerprint density at radius 3 is 2.39 bits per heavy atom. The highest BCUT2D eigenvalue weighted by atomic mass is 32.2. The number of nitrogens with zero attached hydrogens (tertiary/aromatic N) is 1. The van der Waals surface area contributed by atoms with E-state index in [0.717, 1.165) is 26.2 Å². The number of aliphatic carboxylic acids is 1. The average Bonchev–Trinajstić information content (AvgIpc) is 2.64. The van der Waals surface area contributed by atoms with Crippen LogP contribution in [0.25, 0.3) is 6.08 Å². The number of carboxylic acids is 1. The number of carboxylic acid groups (broad SMARTS) is 1. The zero-order valence-corrected chi connectivity index (χ0v) is 21.0. The van der Waals surface area contributed by atoms with Crippen molar-refractivity contribution in [2.45, 2.75) is 70.0 Å². The maximum absolute atomic E-state index is 11.6. The summed E-state index contributed by atoms with van der Waals surface area (Å²) in [6, 6.07) is 4.47. The van der Waals surface area contributed by atoms with Crippen LogP contribution in [0.15, 0.2) is 28.7 Å². The van der Waals surface area contributed by atoms with E-state index in [9.17, 15) is 24.8 Å². The summed E-state index contributed by atoms with van der Waals surface area (Å²) in [5, 5.41) is 20.9. The Kier molecular flexibility index (Phi) is 10.1. The summed E-state index contributed by atoms with van der Waals surface area (Å²) in [6.45, 7) is 12.9. The number of benzene rings is 1. The highest BCUT2D eigenvalue weighted by Gasteiger charge is 2.36. The van der Waals surface area contributed by atoms with Crippen LogP contribution >= 0.6 is 11.8 Å². The molecule has 0 bridgehead atoms. The fraction of sp³-hybridized carbons (Fsp3) is 0.545. The molecule has 0 aromatic heterocycles. The first kappa shape index (κ1) is 27.1. The van der Waals surface area contributed by atoms with Gasteiger partial charge in [-0.15, -0.1) is 11.8 Å². The maximum atomic E-state index is 11.6. The topological polar surface area (TPSA) is 107 Å². The van der Waals surface area contributed by atoms with Gasteiger partial charge in [-0.25, -0.2) is 4.79 Å². The van der Waals surface area contributed by atoms with Crippen LogP contribution in [0.2, 0.25) is 18.1 Å². The zero-order valence-electron chi connectivity index (χ0n) is 19.2. The third-order valence-corrected chi connectivity index (χ3v) is 11.2. The van der Waals surface area contributed by atoms with Crippen LogP contribution < -0.4 is 0 Å². The molecule has 0 heterocycles. The molecule has 172 valence electrons. The molecule has 31 heavy (non-hydrogen) atoms. The van der Waals surface area contributed by atoms with Gasteiger partial charge >= 0.3 is 5.97 Å². The largest absolute Gasteiger partial charge is 0.478 e. The van der Waals surface area contributed by atoms with Crippen molar-refractivity contribution >= 4 is 43.6 Å². The predicted octanol–water partition coefficient (Wildman–Crippen LogP) is 5.94. The van der Waals surface area contributed by atoms with Crippen molar-refractivity contribution in [2.75, 3.05) is 12.4 Å². The Bertz CT molecular complexity index is 829. The van der Waals surface area contributed by atoms with E-state index < -0.39 is 30.6 Å². The minimum Gasteiger partial charge on any atom is -0.478 e. The fourth-order valence-corrected chi connectivity index (χ4v) is 4.75. The maximum Gasteiger partial charge on any atom is 0.339 e. The smallest absolute Gasteiger partial charge is 0.339 e. The summed E-state index contributed by atoms with van der Waals surface area (Å²) >= 11 is 1.31. The van der Waals surface area contributed by atoms with Gasteiger partial charge in [0, 0.05) is 12.7 Å². The molecule has 9 heteroatoms. The van der Waals surface area contributed by atoms with Crippen LogP contribution in [-0.4, -0.2) is 42.5 Å². The van der Waals surface area contributed by atoms with Crippen LogP contribution in [0.3, 0.4) is 0 Å². The lowest BCUT2D eigenvalue weighted by atomic mass is 10.1. The summed E-state index contributed by atoms with van der Waals surface area (Å²) in [5.74, 6) is -1.30. The molecule has 0 radical (unpaired) electrons. The summed E-state index contributed by atoms with van der Waals surface area (Å²) in [4.78, 5) is 34.3. The van der Waals surface area contributed by atoms with Gasteiger partial charge in [-0.3, -0.25) is 14.9 Å². The van der Waals surface area contributed by atoms with Crippen LogP contribution in [0.1, 0.15) is 52.5 Å². The molecule has 1 aromatic rings. The monoisotopic (exact) mass is 467 g/mol. The Hall–Kier alpha value is -1.97. The molecule has 1 N–H and O–H groups in total. The highest BCUT2D eigenvalue weighted by molar-refractivity contribution is 7.99. The Labute approximate surface area is 189 Å². The van der Waals surface area contributed by atoms with Gasteiger partial charge in [0.1, 0.15) is 5.57 Å². The number of nitro benzene ring substituents is 1. The molecule has 7 nitrogen and oxygen atoms in total. The molecule has 0 saturated carbocycles. The minimum absolute atomic E-state index is 0.0895. The van der Waals surface area contributed by atoms with Crippen molar-refractivity contribution in [3.05, 3.63) is 39.4 Å². The van der Waals surface area contributed by atoms with Crippen LogP contribution in [0.5, 0.6) is 0 Å². The number of Topliss-reactive ketones (excluding diaryl/α,β-unsaturated/α-hetero) is 1. The summed E-state index contributed by atoms with van der Waals surface area (Å²) in [7, 11) is -1.75. The number of carbonyl (C=O) groups excluding carboxylic acids is 1. The lowest BCUT2D eigenvalue weighted by Crippen LogP contribution is -2.40. The zero-order chi connectivity index (χ0) is 23.8. The first-order valence-corrected chi connectivity index (χ1v) is 14.2. The summed E-state index contributed by atoms with van der Waals surface area (Å²) in [6.07, 6.45) is 3.91. The molecule has 0 aliphatic heterocycles. The van der Waals surface area contributed by atoms with Gasteiger partial charge < -0.3 is 9.53 Å². The Balaban J connectivity index is 2.78. The average molecular weight is 468 g/mol. The first-order valence-electron chi connectivity index (χ1n) is 10.3. The number of carbonyl (C=O) groups is 2. The second-order valence-electron chi connectivity index (χ2n) is 8.89. The van der Waals surface area contributed by atoms with Gasteiger partial charge in [0.05, 0.1) is 9.82 Å². The van der Waals surface area contributed by atoms with Crippen molar-refractivity contribution < 1.29 is 24.0 Å². The van der Waals surface area contributed by atoms with E-state index in [2.05, 4.69) is 33.9 Å². The second-order valence-corrected chi connectivity index (χ2v) is 14.8. The molecule has 0 unspecified atom stereocenters. The van der Waals surface area contributed by atoms with E-state index >= 15 is 0 Å². The first-order chi connectivity index (χ1) is 14.3. The molecule has 0 aliphatic carbocycles. The molecule has 0 aliphatic rings. The van der Waals surface area contributed by atoms with E-state index in [0.29, 0.717) is 22.8 Å². The van der Waals surface area contributed by atoms with Crippen molar-refractivity contribution in [2.24, 2.45) is 0 Å². The van der Waals surface area contributed by atoms with Crippen LogP contribution in [-0.2, 0) is 14.0 Å². The van der Waals surface area contributed by atoms with Gasteiger partial charge in [0.2, 0.25) is 0 Å². The number of hydrogen-bond acceptors (Lipinski definition) is 6. The minimum atomic E-state index is -1.75. The fourth-order valence-electron chi connectivity index (χ4n) is 2.53. The van der Waals surface area contributed by atoms with E-state index in [4.69, 9.17) is 4.43 Å².